The van der Waals surface area contributed by atoms with Gasteiger partial charge in [-0.1, -0.05) is 12.5 Å². The fourth-order valence-electron chi connectivity index (χ4n) is 3.68. The Labute approximate surface area is 137 Å². The lowest BCUT2D eigenvalue weighted by Crippen LogP contribution is -2.52. The van der Waals surface area contributed by atoms with Gasteiger partial charge >= 0.3 is 0 Å². The lowest BCUT2D eigenvalue weighted by Gasteiger charge is -2.40. The van der Waals surface area contributed by atoms with Crippen LogP contribution in [0, 0.1) is 17.2 Å². The van der Waals surface area contributed by atoms with Crippen LogP contribution in [-0.2, 0) is 4.74 Å². The van der Waals surface area contributed by atoms with Gasteiger partial charge < -0.3 is 14.6 Å². The van der Waals surface area contributed by atoms with Crippen LogP contribution in [0.25, 0.3) is 0 Å². The minimum absolute atomic E-state index is 0.197. The largest absolute Gasteiger partial charge is 0.492 e. The Hall–Kier alpha value is -1.61. The molecule has 1 aromatic rings. The molecule has 5 nitrogen and oxygen atoms in total. The summed E-state index contributed by atoms with van der Waals surface area (Å²) in [5.41, 5.74) is 0.612. The maximum Gasteiger partial charge on any atom is 0.120 e. The Kier molecular flexibility index (Phi) is 5.50. The molecule has 1 aliphatic carbocycles. The van der Waals surface area contributed by atoms with Crippen molar-refractivity contribution in [1.29, 1.82) is 5.26 Å². The third-order valence-corrected chi connectivity index (χ3v) is 4.92. The minimum Gasteiger partial charge on any atom is -0.492 e. The van der Waals surface area contributed by atoms with Crippen molar-refractivity contribution in [3.05, 3.63) is 29.8 Å². The Balaban J connectivity index is 1.54. The van der Waals surface area contributed by atoms with Crippen molar-refractivity contribution in [3.8, 4) is 11.8 Å². The van der Waals surface area contributed by atoms with Crippen LogP contribution >= 0.6 is 0 Å². The van der Waals surface area contributed by atoms with Crippen LogP contribution in [-0.4, -0.2) is 55.1 Å². The van der Waals surface area contributed by atoms with E-state index in [1.54, 1.807) is 12.1 Å². The zero-order chi connectivity index (χ0) is 16.1. The van der Waals surface area contributed by atoms with E-state index < -0.39 is 0 Å². The molecule has 23 heavy (non-hydrogen) atoms. The summed E-state index contributed by atoms with van der Waals surface area (Å²) in [6, 6.07) is 9.65. The molecule has 1 heterocycles. The van der Waals surface area contributed by atoms with Crippen LogP contribution in [0.5, 0.6) is 5.75 Å². The lowest BCUT2D eigenvalue weighted by molar-refractivity contribution is -0.0532. The highest BCUT2D eigenvalue weighted by Crippen LogP contribution is 2.32. The second-order valence-electron chi connectivity index (χ2n) is 6.33. The van der Waals surface area contributed by atoms with E-state index in [4.69, 9.17) is 14.7 Å². The molecule has 124 valence electrons. The van der Waals surface area contributed by atoms with Crippen LogP contribution in [0.15, 0.2) is 24.3 Å². The number of aliphatic hydroxyl groups excluding tert-OH is 1. The smallest absolute Gasteiger partial charge is 0.120 e. The maximum atomic E-state index is 10.2. The Morgan fingerprint density at radius 2 is 2.30 bits per heavy atom. The Morgan fingerprint density at radius 3 is 3.09 bits per heavy atom. The van der Waals surface area contributed by atoms with Gasteiger partial charge in [0.1, 0.15) is 12.4 Å². The normalized spacial score (nSPS) is 28.4. The monoisotopic (exact) mass is 316 g/mol. The highest BCUT2D eigenvalue weighted by Gasteiger charge is 2.37. The van der Waals surface area contributed by atoms with Gasteiger partial charge in [0.2, 0.25) is 0 Å². The number of nitriles is 1. The van der Waals surface area contributed by atoms with Gasteiger partial charge in [0.25, 0.3) is 0 Å². The quantitative estimate of drug-likeness (QED) is 0.897. The molecule has 0 spiro atoms. The van der Waals surface area contributed by atoms with Crippen molar-refractivity contribution in [2.45, 2.75) is 31.4 Å². The topological polar surface area (TPSA) is 65.7 Å². The number of morpholine rings is 1. The first-order valence-electron chi connectivity index (χ1n) is 8.41. The van der Waals surface area contributed by atoms with Gasteiger partial charge in [-0.05, 0) is 31.0 Å². The number of aliphatic hydroxyl groups is 1. The highest BCUT2D eigenvalue weighted by atomic mass is 16.5. The van der Waals surface area contributed by atoms with E-state index in [1.165, 1.54) is 0 Å². The first-order valence-corrected chi connectivity index (χ1v) is 8.41. The Morgan fingerprint density at radius 1 is 1.39 bits per heavy atom. The van der Waals surface area contributed by atoms with E-state index in [0.29, 0.717) is 24.7 Å². The fraction of sp³-hybridized carbons (Fsp3) is 0.611. The molecule has 0 amide bonds. The summed E-state index contributed by atoms with van der Waals surface area (Å²) >= 11 is 0. The predicted molar refractivity (Wildman–Crippen MR) is 86.2 cm³/mol. The second-order valence-corrected chi connectivity index (χ2v) is 6.33. The third-order valence-electron chi connectivity index (χ3n) is 4.92. The van der Waals surface area contributed by atoms with E-state index >= 15 is 0 Å². The van der Waals surface area contributed by atoms with Gasteiger partial charge in [-0.2, -0.15) is 5.26 Å². The van der Waals surface area contributed by atoms with Crippen molar-refractivity contribution < 1.29 is 14.6 Å². The number of rotatable bonds is 5. The van der Waals surface area contributed by atoms with Gasteiger partial charge in [0.15, 0.2) is 0 Å². The molecule has 0 aromatic heterocycles. The molecule has 0 bridgehead atoms. The molecule has 5 heteroatoms. The van der Waals surface area contributed by atoms with Gasteiger partial charge in [0.05, 0.1) is 31.0 Å². The summed E-state index contributed by atoms with van der Waals surface area (Å²) in [7, 11) is 0. The van der Waals surface area contributed by atoms with Crippen LogP contribution < -0.4 is 4.74 Å². The fourth-order valence-corrected chi connectivity index (χ4v) is 3.68. The van der Waals surface area contributed by atoms with E-state index in [0.717, 1.165) is 44.7 Å². The second kappa shape index (κ2) is 7.78. The average Bonchev–Trinajstić information content (AvgIpc) is 3.01. The summed E-state index contributed by atoms with van der Waals surface area (Å²) in [5, 5.41) is 19.1. The molecule has 1 aliphatic heterocycles. The Bertz CT molecular complexity index is 557. The molecular weight excluding hydrogens is 292 g/mol. The van der Waals surface area contributed by atoms with Crippen molar-refractivity contribution in [2.75, 3.05) is 32.9 Å². The van der Waals surface area contributed by atoms with Gasteiger partial charge in [-0.3, -0.25) is 4.90 Å². The summed E-state index contributed by atoms with van der Waals surface area (Å²) < 4.78 is 11.4. The van der Waals surface area contributed by atoms with E-state index in [2.05, 4.69) is 11.0 Å². The molecule has 1 saturated heterocycles. The van der Waals surface area contributed by atoms with Gasteiger partial charge in [0, 0.05) is 25.0 Å². The SMILES string of the molecule is N#Cc1cccc(OCCN2CCOC[C@@H]2[C@H]2CCC[C@H]2O)c1. The number of nitrogens with zero attached hydrogens (tertiary/aromatic N) is 2. The van der Waals surface area contributed by atoms with Crippen molar-refractivity contribution in [3.63, 3.8) is 0 Å². The van der Waals surface area contributed by atoms with Gasteiger partial charge in [-0.15, -0.1) is 0 Å². The molecule has 1 N–H and O–H groups in total. The minimum atomic E-state index is -0.197. The van der Waals surface area contributed by atoms with Crippen LogP contribution in [0.2, 0.25) is 0 Å². The molecular formula is C18H24N2O3. The van der Waals surface area contributed by atoms with E-state index in [1.807, 2.05) is 12.1 Å². The van der Waals surface area contributed by atoms with Crippen molar-refractivity contribution in [1.82, 2.24) is 4.90 Å². The van der Waals surface area contributed by atoms with Gasteiger partial charge in [-0.25, -0.2) is 0 Å². The third kappa shape index (κ3) is 4.03. The first-order chi connectivity index (χ1) is 11.3. The molecule has 3 rings (SSSR count). The molecule has 1 saturated carbocycles. The van der Waals surface area contributed by atoms with E-state index in [-0.39, 0.29) is 12.1 Å². The van der Waals surface area contributed by atoms with Crippen LogP contribution in [0.4, 0.5) is 0 Å². The molecule has 3 atom stereocenters. The number of hydrogen-bond acceptors (Lipinski definition) is 5. The van der Waals surface area contributed by atoms with Crippen molar-refractivity contribution in [2.24, 2.45) is 5.92 Å². The number of hydrogen-bond donors (Lipinski definition) is 1. The molecule has 1 aromatic carbocycles. The lowest BCUT2D eigenvalue weighted by atomic mass is 9.94. The average molecular weight is 316 g/mol. The molecule has 0 unspecified atom stereocenters. The summed E-state index contributed by atoms with van der Waals surface area (Å²) in [6.07, 6.45) is 2.90. The van der Waals surface area contributed by atoms with Crippen LogP contribution in [0.1, 0.15) is 24.8 Å². The zero-order valence-electron chi connectivity index (χ0n) is 13.4. The van der Waals surface area contributed by atoms with E-state index in [9.17, 15) is 5.11 Å². The number of benzene rings is 1. The zero-order valence-corrected chi connectivity index (χ0v) is 13.4. The summed E-state index contributed by atoms with van der Waals surface area (Å²) in [4.78, 5) is 2.39. The first kappa shape index (κ1) is 16.3. The summed E-state index contributed by atoms with van der Waals surface area (Å²) in [5.74, 6) is 1.05. The molecule has 2 aliphatic rings. The standard InChI is InChI=1S/C18H24N2O3/c19-12-14-3-1-4-15(11-14)23-10-8-20-7-9-22-13-17(20)16-5-2-6-18(16)21/h1,3-4,11,16-18,21H,2,5-10,13H2/t16-,17-,18-/m1/s1. The molecule has 2 fully saturated rings. The predicted octanol–water partition coefficient (Wildman–Crippen LogP) is 1.80. The van der Waals surface area contributed by atoms with Crippen LogP contribution in [0.3, 0.4) is 0 Å². The number of ether oxygens (including phenoxy) is 2. The highest BCUT2D eigenvalue weighted by molar-refractivity contribution is 5.36. The maximum absolute atomic E-state index is 10.2. The molecule has 0 radical (unpaired) electrons. The van der Waals surface area contributed by atoms with Crippen molar-refractivity contribution >= 4 is 0 Å². The summed E-state index contributed by atoms with van der Waals surface area (Å²) in [6.45, 7) is 3.71.